The summed E-state index contributed by atoms with van der Waals surface area (Å²) < 4.78 is 0. The number of nitrogens with zero attached hydrogens (tertiary/aromatic N) is 2. The molecule has 0 spiro atoms. The molecule has 3 N–H and O–H groups in total. The normalized spacial score (nSPS) is 12.4. The van der Waals surface area contributed by atoms with E-state index in [1.165, 1.54) is 0 Å². The van der Waals surface area contributed by atoms with Gasteiger partial charge in [-0.3, -0.25) is 5.10 Å². The lowest BCUT2D eigenvalue weighted by atomic mass is 10.1. The van der Waals surface area contributed by atoms with Crippen LogP contribution in [0.4, 0.5) is 0 Å². The number of aromatic nitrogens is 4. The molecule has 0 saturated heterocycles. The third kappa shape index (κ3) is 2.62. The van der Waals surface area contributed by atoms with Gasteiger partial charge in [0.05, 0.1) is 17.9 Å². The number of hydrogen-bond donors (Lipinski definition) is 3. The maximum absolute atomic E-state index is 4.26. The summed E-state index contributed by atoms with van der Waals surface area (Å²) in [6.45, 7) is 2.82. The van der Waals surface area contributed by atoms with E-state index >= 15 is 0 Å². The van der Waals surface area contributed by atoms with Crippen molar-refractivity contribution in [3.8, 4) is 11.3 Å². The fourth-order valence-corrected chi connectivity index (χ4v) is 2.17. The van der Waals surface area contributed by atoms with Crippen molar-refractivity contribution < 1.29 is 0 Å². The van der Waals surface area contributed by atoms with Crippen LogP contribution in [0.25, 0.3) is 11.3 Å². The summed E-state index contributed by atoms with van der Waals surface area (Å²) in [5, 5.41) is 10.7. The highest BCUT2D eigenvalue weighted by Crippen LogP contribution is 2.21. The minimum atomic E-state index is 0.170. The Bertz CT molecular complexity index is 642. The van der Waals surface area contributed by atoms with E-state index in [4.69, 9.17) is 0 Å². The van der Waals surface area contributed by atoms with Crippen LogP contribution in [-0.2, 0) is 6.54 Å². The number of hydrogen-bond acceptors (Lipinski definition) is 3. The van der Waals surface area contributed by atoms with E-state index in [0.717, 1.165) is 29.2 Å². The molecule has 0 bridgehead atoms. The average molecular weight is 267 g/mol. The Balaban J connectivity index is 1.72. The van der Waals surface area contributed by atoms with E-state index in [9.17, 15) is 0 Å². The van der Waals surface area contributed by atoms with Gasteiger partial charge in [-0.05, 0) is 12.5 Å². The van der Waals surface area contributed by atoms with Crippen LogP contribution in [0.3, 0.4) is 0 Å². The molecule has 3 rings (SSSR count). The number of benzene rings is 1. The van der Waals surface area contributed by atoms with Gasteiger partial charge in [0.15, 0.2) is 0 Å². The Morgan fingerprint density at radius 3 is 2.85 bits per heavy atom. The lowest BCUT2D eigenvalue weighted by Gasteiger charge is -2.11. The maximum atomic E-state index is 4.26. The first-order valence-corrected chi connectivity index (χ1v) is 6.65. The lowest BCUT2D eigenvalue weighted by Crippen LogP contribution is -2.19. The zero-order valence-electron chi connectivity index (χ0n) is 11.3. The molecule has 102 valence electrons. The van der Waals surface area contributed by atoms with Gasteiger partial charge in [-0.15, -0.1) is 0 Å². The maximum Gasteiger partial charge on any atom is 0.122 e. The van der Waals surface area contributed by atoms with Gasteiger partial charge < -0.3 is 10.3 Å². The lowest BCUT2D eigenvalue weighted by molar-refractivity contribution is 0.551. The summed E-state index contributed by atoms with van der Waals surface area (Å²) >= 11 is 0. The predicted octanol–water partition coefficient (Wildman–Crippen LogP) is 2.65. The Morgan fingerprint density at radius 1 is 1.25 bits per heavy atom. The summed E-state index contributed by atoms with van der Waals surface area (Å²) in [6, 6.07) is 10.4. The first-order chi connectivity index (χ1) is 9.84. The molecular weight excluding hydrogens is 250 g/mol. The number of rotatable bonds is 5. The smallest absolute Gasteiger partial charge is 0.122 e. The van der Waals surface area contributed by atoms with E-state index in [0.29, 0.717) is 0 Å². The Hall–Kier alpha value is -2.40. The van der Waals surface area contributed by atoms with Crippen molar-refractivity contribution in [2.45, 2.75) is 19.5 Å². The molecule has 1 aromatic carbocycles. The zero-order chi connectivity index (χ0) is 13.8. The minimum absolute atomic E-state index is 0.170. The van der Waals surface area contributed by atoms with E-state index in [-0.39, 0.29) is 6.04 Å². The van der Waals surface area contributed by atoms with Gasteiger partial charge in [-0.25, -0.2) is 4.98 Å². The van der Waals surface area contributed by atoms with E-state index in [1.807, 2.05) is 30.6 Å². The molecule has 0 amide bonds. The van der Waals surface area contributed by atoms with Crippen molar-refractivity contribution in [3.05, 3.63) is 60.3 Å². The third-order valence-corrected chi connectivity index (χ3v) is 3.31. The molecule has 0 aliphatic rings. The van der Waals surface area contributed by atoms with Crippen LogP contribution in [0.5, 0.6) is 0 Å². The number of imidazole rings is 1. The van der Waals surface area contributed by atoms with Crippen LogP contribution in [-0.4, -0.2) is 20.2 Å². The molecule has 20 heavy (non-hydrogen) atoms. The van der Waals surface area contributed by atoms with Crippen LogP contribution < -0.4 is 5.32 Å². The van der Waals surface area contributed by atoms with E-state index in [2.05, 4.69) is 44.5 Å². The summed E-state index contributed by atoms with van der Waals surface area (Å²) in [5.41, 5.74) is 3.35. The summed E-state index contributed by atoms with van der Waals surface area (Å²) in [6.07, 6.45) is 5.46. The Kier molecular flexibility index (Phi) is 3.60. The number of nitrogens with one attached hydrogen (secondary N) is 3. The first-order valence-electron chi connectivity index (χ1n) is 6.65. The van der Waals surface area contributed by atoms with Gasteiger partial charge >= 0.3 is 0 Å². The van der Waals surface area contributed by atoms with E-state index in [1.54, 1.807) is 6.20 Å². The average Bonchev–Trinajstić information content (AvgIpc) is 3.17. The van der Waals surface area contributed by atoms with Crippen LogP contribution in [0.15, 0.2) is 48.9 Å². The second-order valence-corrected chi connectivity index (χ2v) is 4.71. The van der Waals surface area contributed by atoms with Gasteiger partial charge in [0.1, 0.15) is 5.82 Å². The fourth-order valence-electron chi connectivity index (χ4n) is 2.17. The molecule has 5 nitrogen and oxygen atoms in total. The second-order valence-electron chi connectivity index (χ2n) is 4.71. The molecule has 2 aromatic heterocycles. The molecular formula is C15H17N5. The van der Waals surface area contributed by atoms with Crippen molar-refractivity contribution in [2.75, 3.05) is 0 Å². The van der Waals surface area contributed by atoms with Crippen molar-refractivity contribution >= 4 is 0 Å². The first kappa shape index (κ1) is 12.6. The van der Waals surface area contributed by atoms with Crippen LogP contribution in [0.2, 0.25) is 0 Å². The molecule has 0 aliphatic carbocycles. The van der Waals surface area contributed by atoms with Gasteiger partial charge in [0, 0.05) is 24.5 Å². The summed E-state index contributed by atoms with van der Waals surface area (Å²) in [7, 11) is 0. The second kappa shape index (κ2) is 5.71. The summed E-state index contributed by atoms with van der Waals surface area (Å²) in [4.78, 5) is 7.37. The third-order valence-electron chi connectivity index (χ3n) is 3.31. The Morgan fingerprint density at radius 2 is 2.10 bits per heavy atom. The van der Waals surface area contributed by atoms with Crippen molar-refractivity contribution in [2.24, 2.45) is 0 Å². The van der Waals surface area contributed by atoms with Crippen molar-refractivity contribution in [1.82, 2.24) is 25.5 Å². The SMILES string of the molecule is CC(NCc1cn[nH]c1-c1ccccc1)c1ncc[nH]1. The van der Waals surface area contributed by atoms with Gasteiger partial charge in [0.25, 0.3) is 0 Å². The van der Waals surface area contributed by atoms with Crippen LogP contribution in [0, 0.1) is 0 Å². The highest BCUT2D eigenvalue weighted by atomic mass is 15.1. The van der Waals surface area contributed by atoms with Gasteiger partial charge in [-0.1, -0.05) is 30.3 Å². The van der Waals surface area contributed by atoms with Crippen LogP contribution in [0.1, 0.15) is 24.4 Å². The molecule has 1 unspecified atom stereocenters. The highest BCUT2D eigenvalue weighted by molar-refractivity contribution is 5.62. The van der Waals surface area contributed by atoms with E-state index < -0.39 is 0 Å². The highest BCUT2D eigenvalue weighted by Gasteiger charge is 2.10. The predicted molar refractivity (Wildman–Crippen MR) is 77.9 cm³/mol. The molecule has 3 aromatic rings. The zero-order valence-corrected chi connectivity index (χ0v) is 11.3. The summed E-state index contributed by atoms with van der Waals surface area (Å²) in [5.74, 6) is 0.940. The monoisotopic (exact) mass is 267 g/mol. The van der Waals surface area contributed by atoms with Crippen LogP contribution >= 0.6 is 0 Å². The number of aromatic amines is 2. The molecule has 0 saturated carbocycles. The van der Waals surface area contributed by atoms with Crippen molar-refractivity contribution in [3.63, 3.8) is 0 Å². The van der Waals surface area contributed by atoms with Gasteiger partial charge in [-0.2, -0.15) is 5.10 Å². The quantitative estimate of drug-likeness (QED) is 0.665. The molecule has 0 radical (unpaired) electrons. The molecule has 5 heteroatoms. The minimum Gasteiger partial charge on any atom is -0.347 e. The topological polar surface area (TPSA) is 69.4 Å². The van der Waals surface area contributed by atoms with Gasteiger partial charge in [0.2, 0.25) is 0 Å². The largest absolute Gasteiger partial charge is 0.347 e. The molecule has 1 atom stereocenters. The Labute approximate surface area is 117 Å². The molecule has 0 fully saturated rings. The standard InChI is InChI=1S/C15H17N5/c1-11(15-16-7-8-17-15)18-9-13-10-19-20-14(13)12-5-3-2-4-6-12/h2-8,10-11,18H,9H2,1H3,(H,16,17)(H,19,20). The fraction of sp³-hybridized carbons (Fsp3) is 0.200. The molecule has 2 heterocycles. The molecule has 0 aliphatic heterocycles. The number of H-pyrrole nitrogens is 2. The van der Waals surface area contributed by atoms with Crippen molar-refractivity contribution in [1.29, 1.82) is 0 Å².